The number of rotatable bonds is 2. The number of aryl methyl sites for hydroxylation is 1. The van der Waals surface area contributed by atoms with Gasteiger partial charge in [-0.05, 0) is 24.5 Å². The number of halogens is 1. The zero-order valence-corrected chi connectivity index (χ0v) is 11.3. The number of fused-ring (bicyclic) bond motifs is 1. The van der Waals surface area contributed by atoms with Crippen molar-refractivity contribution >= 4 is 22.9 Å². The van der Waals surface area contributed by atoms with E-state index in [1.54, 1.807) is 6.92 Å². The maximum absolute atomic E-state index is 13.9. The van der Waals surface area contributed by atoms with E-state index in [2.05, 4.69) is 5.32 Å². The number of hydrogen-bond acceptors (Lipinski definition) is 4. The zero-order valence-electron chi connectivity index (χ0n) is 11.3. The minimum absolute atomic E-state index is 0.130. The summed E-state index contributed by atoms with van der Waals surface area (Å²) in [6.45, 7) is 1.79. The third-order valence-electron chi connectivity index (χ3n) is 3.68. The second-order valence-corrected chi connectivity index (χ2v) is 4.97. The fourth-order valence-electron chi connectivity index (χ4n) is 2.59. The van der Waals surface area contributed by atoms with Crippen LogP contribution in [0.15, 0.2) is 21.3 Å². The minimum atomic E-state index is -0.858. The van der Waals surface area contributed by atoms with Crippen molar-refractivity contribution in [2.75, 3.05) is 0 Å². The molecule has 0 spiro atoms. The molecule has 2 heterocycles. The van der Waals surface area contributed by atoms with Gasteiger partial charge in [0.2, 0.25) is 11.8 Å². The van der Waals surface area contributed by atoms with Gasteiger partial charge in [0, 0.05) is 12.5 Å². The topological polar surface area (TPSA) is 81.3 Å². The molecule has 3 rings (SSSR count). The van der Waals surface area contributed by atoms with E-state index in [4.69, 9.17) is 4.42 Å². The highest BCUT2D eigenvalue weighted by Gasteiger charge is 2.31. The molecule has 0 saturated carbocycles. The monoisotopic (exact) mass is 292 g/mol. The van der Waals surface area contributed by atoms with Gasteiger partial charge in [0.1, 0.15) is 11.9 Å². The van der Waals surface area contributed by atoms with Gasteiger partial charge in [0.25, 0.3) is 0 Å². The maximum Gasteiger partial charge on any atom is 0.420 e. The molecule has 1 aliphatic heterocycles. The molecule has 0 bridgehead atoms. The Labute approximate surface area is 118 Å². The van der Waals surface area contributed by atoms with E-state index < -0.39 is 23.5 Å². The third-order valence-corrected chi connectivity index (χ3v) is 3.68. The van der Waals surface area contributed by atoms with Crippen LogP contribution in [0.3, 0.4) is 0 Å². The van der Waals surface area contributed by atoms with Gasteiger partial charge in [-0.25, -0.2) is 9.18 Å². The molecule has 1 N–H and O–H groups in total. The molecule has 1 fully saturated rings. The van der Waals surface area contributed by atoms with Gasteiger partial charge in [0.05, 0.1) is 5.52 Å². The number of carbonyl (C=O) groups is 2. The summed E-state index contributed by atoms with van der Waals surface area (Å²) in [5, 5.41) is 2.17. The first-order chi connectivity index (χ1) is 10.0. The minimum Gasteiger partial charge on any atom is -0.408 e. The summed E-state index contributed by atoms with van der Waals surface area (Å²) in [6, 6.07) is 1.81. The quantitative estimate of drug-likeness (QED) is 0.845. The number of oxazole rings is 1. The van der Waals surface area contributed by atoms with E-state index in [9.17, 15) is 18.8 Å². The second kappa shape index (κ2) is 4.83. The molecule has 1 aromatic carbocycles. The van der Waals surface area contributed by atoms with Crippen LogP contribution in [0.2, 0.25) is 0 Å². The highest BCUT2D eigenvalue weighted by atomic mass is 19.1. The van der Waals surface area contributed by atoms with Crippen LogP contribution in [0.5, 0.6) is 0 Å². The number of carbonyl (C=O) groups excluding carboxylic acids is 2. The lowest BCUT2D eigenvalue weighted by Crippen LogP contribution is -2.43. The molecule has 1 aromatic heterocycles. The SMILES string of the molecule is CCc1cc2oc(=O)n(C3CCC(=O)NC3=O)c2cc1F. The number of amides is 2. The van der Waals surface area contributed by atoms with Crippen LogP contribution in [-0.4, -0.2) is 16.4 Å². The third kappa shape index (κ3) is 2.14. The van der Waals surface area contributed by atoms with E-state index in [-0.39, 0.29) is 29.8 Å². The summed E-state index contributed by atoms with van der Waals surface area (Å²) in [5.74, 6) is -2.13. The van der Waals surface area contributed by atoms with Crippen molar-refractivity contribution in [3.8, 4) is 0 Å². The average molecular weight is 292 g/mol. The number of nitrogens with one attached hydrogen (secondary N) is 1. The maximum atomic E-state index is 13.9. The van der Waals surface area contributed by atoms with Crippen LogP contribution >= 0.6 is 0 Å². The molecule has 0 radical (unpaired) electrons. The second-order valence-electron chi connectivity index (χ2n) is 4.97. The zero-order chi connectivity index (χ0) is 15.1. The van der Waals surface area contributed by atoms with Crippen LogP contribution in [0.1, 0.15) is 31.4 Å². The molecular weight excluding hydrogens is 279 g/mol. The van der Waals surface area contributed by atoms with E-state index >= 15 is 0 Å². The van der Waals surface area contributed by atoms with Gasteiger partial charge >= 0.3 is 5.76 Å². The fourth-order valence-corrected chi connectivity index (χ4v) is 2.59. The Bertz CT molecular complexity index is 805. The molecule has 1 aliphatic rings. The standard InChI is InChI=1S/C14H13FN2O4/c1-2-7-5-11-10(6-8(7)15)17(14(20)21-11)9-3-4-12(18)16-13(9)19/h5-6,9H,2-4H2,1H3,(H,16,18,19). The smallest absolute Gasteiger partial charge is 0.408 e. The Morgan fingerprint density at radius 2 is 2.14 bits per heavy atom. The van der Waals surface area contributed by atoms with Crippen LogP contribution in [0.4, 0.5) is 4.39 Å². The fraction of sp³-hybridized carbons (Fsp3) is 0.357. The molecule has 1 saturated heterocycles. The van der Waals surface area contributed by atoms with E-state index in [0.717, 1.165) is 4.57 Å². The summed E-state index contributed by atoms with van der Waals surface area (Å²) >= 11 is 0. The highest BCUT2D eigenvalue weighted by molar-refractivity contribution is 6.00. The molecular formula is C14H13FN2O4. The summed E-state index contributed by atoms with van der Waals surface area (Å²) in [5.41, 5.74) is 0.902. The Hall–Kier alpha value is -2.44. The first kappa shape index (κ1) is 13.5. The molecule has 21 heavy (non-hydrogen) atoms. The number of aromatic nitrogens is 1. The van der Waals surface area contributed by atoms with Gasteiger partial charge in [-0.1, -0.05) is 6.92 Å². The Balaban J connectivity index is 2.16. The Morgan fingerprint density at radius 3 is 2.81 bits per heavy atom. The van der Waals surface area contributed by atoms with Crippen molar-refractivity contribution in [1.82, 2.24) is 9.88 Å². The van der Waals surface area contributed by atoms with Gasteiger partial charge in [-0.3, -0.25) is 19.5 Å². The molecule has 1 unspecified atom stereocenters. The summed E-state index contributed by atoms with van der Waals surface area (Å²) < 4.78 is 20.1. The molecule has 110 valence electrons. The van der Waals surface area contributed by atoms with Gasteiger partial charge in [-0.2, -0.15) is 0 Å². The normalized spacial score (nSPS) is 19.0. The van der Waals surface area contributed by atoms with Crippen molar-refractivity contribution in [2.45, 2.75) is 32.2 Å². The molecule has 1 atom stereocenters. The predicted molar refractivity (Wildman–Crippen MR) is 71.2 cm³/mol. The van der Waals surface area contributed by atoms with Crippen LogP contribution in [0, 0.1) is 5.82 Å². The van der Waals surface area contributed by atoms with Gasteiger partial charge < -0.3 is 4.42 Å². The van der Waals surface area contributed by atoms with Crippen molar-refractivity contribution in [3.63, 3.8) is 0 Å². The first-order valence-corrected chi connectivity index (χ1v) is 6.68. The van der Waals surface area contributed by atoms with Gasteiger partial charge in [0.15, 0.2) is 5.58 Å². The predicted octanol–water partition coefficient (Wildman–Crippen LogP) is 1.27. The van der Waals surface area contributed by atoms with Crippen molar-refractivity contribution in [3.05, 3.63) is 34.1 Å². The number of hydrogen-bond donors (Lipinski definition) is 1. The van der Waals surface area contributed by atoms with Crippen LogP contribution < -0.4 is 11.1 Å². The summed E-state index contributed by atoms with van der Waals surface area (Å²) in [4.78, 5) is 35.0. The highest BCUT2D eigenvalue weighted by Crippen LogP contribution is 2.25. The van der Waals surface area contributed by atoms with Crippen LogP contribution in [-0.2, 0) is 16.0 Å². The number of benzene rings is 1. The molecule has 0 aliphatic carbocycles. The van der Waals surface area contributed by atoms with E-state index in [1.807, 2.05) is 0 Å². The van der Waals surface area contributed by atoms with Crippen molar-refractivity contribution in [2.24, 2.45) is 0 Å². The van der Waals surface area contributed by atoms with Gasteiger partial charge in [-0.15, -0.1) is 0 Å². The lowest BCUT2D eigenvalue weighted by atomic mass is 10.1. The molecule has 7 heteroatoms. The molecule has 2 aromatic rings. The number of nitrogens with zero attached hydrogens (tertiary/aromatic N) is 1. The van der Waals surface area contributed by atoms with Crippen molar-refractivity contribution in [1.29, 1.82) is 0 Å². The largest absolute Gasteiger partial charge is 0.420 e. The number of piperidine rings is 1. The molecule has 6 nitrogen and oxygen atoms in total. The number of imide groups is 1. The first-order valence-electron chi connectivity index (χ1n) is 6.68. The summed E-state index contributed by atoms with van der Waals surface area (Å²) in [6.07, 6.45) is 0.788. The Kier molecular flexibility index (Phi) is 3.12. The van der Waals surface area contributed by atoms with Crippen LogP contribution in [0.25, 0.3) is 11.1 Å². The molecule has 2 amide bonds. The lowest BCUT2D eigenvalue weighted by Gasteiger charge is -2.21. The summed E-state index contributed by atoms with van der Waals surface area (Å²) in [7, 11) is 0. The van der Waals surface area contributed by atoms with E-state index in [0.29, 0.717) is 12.0 Å². The average Bonchev–Trinajstić information content (AvgIpc) is 2.73. The lowest BCUT2D eigenvalue weighted by molar-refractivity contribution is -0.135. The van der Waals surface area contributed by atoms with Crippen molar-refractivity contribution < 1.29 is 18.4 Å². The van der Waals surface area contributed by atoms with E-state index in [1.165, 1.54) is 12.1 Å². The Morgan fingerprint density at radius 1 is 1.38 bits per heavy atom.